The van der Waals surface area contributed by atoms with E-state index in [-0.39, 0.29) is 9.76 Å². The van der Waals surface area contributed by atoms with E-state index >= 15 is 0 Å². The second-order valence-electron chi connectivity index (χ2n) is 2.47. The monoisotopic (exact) mass is 178 g/mol. The molecule has 0 atom stereocenters. The fourth-order valence-corrected chi connectivity index (χ4v) is 1.31. The molecule has 12 heavy (non-hydrogen) atoms. The van der Waals surface area contributed by atoms with Crippen molar-refractivity contribution in [3.63, 3.8) is 0 Å². The van der Waals surface area contributed by atoms with Crippen LogP contribution in [0.25, 0.3) is 6.08 Å². The van der Waals surface area contributed by atoms with Crippen LogP contribution in [0.3, 0.4) is 0 Å². The zero-order chi connectivity index (χ0) is 8.65. The average molecular weight is 178 g/mol. The second kappa shape index (κ2) is 5.74. The molecule has 0 aliphatic carbocycles. The third-order valence-corrected chi connectivity index (χ3v) is 2.17. The summed E-state index contributed by atoms with van der Waals surface area (Å²) < 4.78 is 5.31. The summed E-state index contributed by atoms with van der Waals surface area (Å²) in [5.74, 6) is 0. The average Bonchev–Trinajstić information content (AvgIpc) is 2.14. The molecule has 0 heterocycles. The van der Waals surface area contributed by atoms with E-state index < -0.39 is 0 Å². The summed E-state index contributed by atoms with van der Waals surface area (Å²) >= 11 is 0. The van der Waals surface area contributed by atoms with Gasteiger partial charge >= 0.3 is 0 Å². The standard InChI is InChI=1S/C10H14OSi/c1-12-11-9-5-8-10-6-3-2-4-7-10/h2-8H,9,12H2,1H3. The molecule has 1 aromatic carbocycles. The summed E-state index contributed by atoms with van der Waals surface area (Å²) in [6.45, 7) is 2.90. The molecule has 1 rings (SSSR count). The van der Waals surface area contributed by atoms with Crippen LogP contribution in [0.1, 0.15) is 5.56 Å². The van der Waals surface area contributed by atoms with Gasteiger partial charge in [-0.25, -0.2) is 0 Å². The summed E-state index contributed by atoms with van der Waals surface area (Å²) in [4.78, 5) is 0. The molecule has 0 bridgehead atoms. The number of hydrogen-bond donors (Lipinski definition) is 0. The molecule has 2 heteroatoms. The normalized spacial score (nSPS) is 11.8. The summed E-state index contributed by atoms with van der Waals surface area (Å²) in [5, 5.41) is 0. The van der Waals surface area contributed by atoms with E-state index in [0.29, 0.717) is 0 Å². The highest BCUT2D eigenvalue weighted by Gasteiger charge is 1.81. The van der Waals surface area contributed by atoms with Gasteiger partial charge in [-0.1, -0.05) is 49.0 Å². The molecule has 0 fully saturated rings. The Hall–Kier alpha value is -0.863. The predicted octanol–water partition coefficient (Wildman–Crippen LogP) is 1.85. The lowest BCUT2D eigenvalue weighted by Gasteiger charge is -1.93. The highest BCUT2D eigenvalue weighted by molar-refractivity contribution is 6.24. The molecule has 64 valence electrons. The SMILES string of the molecule is C[SiH2]OCC=Cc1ccccc1. The predicted molar refractivity (Wildman–Crippen MR) is 55.8 cm³/mol. The van der Waals surface area contributed by atoms with Crippen molar-refractivity contribution >= 4 is 15.8 Å². The smallest absolute Gasteiger partial charge is 0.158 e. The van der Waals surface area contributed by atoms with E-state index in [2.05, 4.69) is 30.8 Å². The van der Waals surface area contributed by atoms with Crippen LogP contribution in [-0.4, -0.2) is 16.4 Å². The molecule has 0 radical (unpaired) electrons. The minimum atomic E-state index is -0.237. The zero-order valence-corrected chi connectivity index (χ0v) is 8.78. The molecule has 0 saturated carbocycles. The maximum atomic E-state index is 5.31. The lowest BCUT2D eigenvalue weighted by Crippen LogP contribution is -1.91. The fraction of sp³-hybridized carbons (Fsp3) is 0.200. The van der Waals surface area contributed by atoms with Gasteiger partial charge in [-0.15, -0.1) is 0 Å². The molecule has 0 spiro atoms. The van der Waals surface area contributed by atoms with Crippen molar-refractivity contribution in [2.24, 2.45) is 0 Å². The third kappa shape index (κ3) is 3.51. The molecule has 0 amide bonds. The van der Waals surface area contributed by atoms with Gasteiger partial charge in [0.1, 0.15) is 0 Å². The summed E-state index contributed by atoms with van der Waals surface area (Å²) in [5.41, 5.74) is 1.24. The number of hydrogen-bond acceptors (Lipinski definition) is 1. The van der Waals surface area contributed by atoms with Crippen molar-refractivity contribution in [2.75, 3.05) is 6.61 Å². The quantitative estimate of drug-likeness (QED) is 0.505. The lowest BCUT2D eigenvalue weighted by atomic mass is 10.2. The van der Waals surface area contributed by atoms with Crippen LogP contribution in [-0.2, 0) is 4.43 Å². The molecule has 0 N–H and O–H groups in total. The molecular formula is C10H14OSi. The Morgan fingerprint density at radius 2 is 2.08 bits per heavy atom. The van der Waals surface area contributed by atoms with Crippen LogP contribution in [0.4, 0.5) is 0 Å². The van der Waals surface area contributed by atoms with Gasteiger partial charge in [0.05, 0.1) is 6.61 Å². The molecule has 0 aliphatic rings. The second-order valence-corrected chi connectivity index (χ2v) is 3.46. The van der Waals surface area contributed by atoms with E-state index in [9.17, 15) is 0 Å². The van der Waals surface area contributed by atoms with Crippen LogP contribution >= 0.6 is 0 Å². The molecular weight excluding hydrogens is 164 g/mol. The Bertz CT molecular complexity index is 231. The maximum absolute atomic E-state index is 5.31. The number of benzene rings is 1. The molecule has 0 aliphatic heterocycles. The van der Waals surface area contributed by atoms with Crippen molar-refractivity contribution in [2.45, 2.75) is 6.55 Å². The molecule has 1 nitrogen and oxygen atoms in total. The topological polar surface area (TPSA) is 9.23 Å². The summed E-state index contributed by atoms with van der Waals surface area (Å²) in [7, 11) is -0.237. The summed E-state index contributed by atoms with van der Waals surface area (Å²) in [6.07, 6.45) is 4.15. The van der Waals surface area contributed by atoms with Gasteiger partial charge in [0.2, 0.25) is 0 Å². The minimum Gasteiger partial charge on any atom is -0.421 e. The van der Waals surface area contributed by atoms with Gasteiger partial charge in [0.25, 0.3) is 0 Å². The van der Waals surface area contributed by atoms with Crippen LogP contribution in [0.2, 0.25) is 6.55 Å². The van der Waals surface area contributed by atoms with Gasteiger partial charge in [0.15, 0.2) is 9.76 Å². The number of rotatable bonds is 4. The summed E-state index contributed by atoms with van der Waals surface area (Å²) in [6, 6.07) is 10.3. The van der Waals surface area contributed by atoms with E-state index in [1.807, 2.05) is 18.2 Å². The fourth-order valence-electron chi connectivity index (χ4n) is 0.934. The van der Waals surface area contributed by atoms with Crippen LogP contribution in [0.5, 0.6) is 0 Å². The van der Waals surface area contributed by atoms with Crippen molar-refractivity contribution in [1.82, 2.24) is 0 Å². The van der Waals surface area contributed by atoms with E-state index in [1.54, 1.807) is 0 Å². The van der Waals surface area contributed by atoms with E-state index in [4.69, 9.17) is 4.43 Å². The maximum Gasteiger partial charge on any atom is 0.158 e. The molecule has 0 saturated heterocycles. The van der Waals surface area contributed by atoms with Crippen molar-refractivity contribution in [3.8, 4) is 0 Å². The van der Waals surface area contributed by atoms with Crippen molar-refractivity contribution in [1.29, 1.82) is 0 Å². The first-order valence-corrected chi connectivity index (χ1v) is 6.22. The van der Waals surface area contributed by atoms with Gasteiger partial charge < -0.3 is 4.43 Å². The Balaban J connectivity index is 2.36. The first-order chi connectivity index (χ1) is 5.93. The minimum absolute atomic E-state index is 0.237. The Morgan fingerprint density at radius 3 is 2.75 bits per heavy atom. The van der Waals surface area contributed by atoms with Crippen molar-refractivity contribution < 1.29 is 4.43 Å². The van der Waals surface area contributed by atoms with Gasteiger partial charge in [-0.2, -0.15) is 0 Å². The van der Waals surface area contributed by atoms with Gasteiger partial charge in [-0.3, -0.25) is 0 Å². The first kappa shape index (κ1) is 9.23. The highest BCUT2D eigenvalue weighted by atomic mass is 28.2. The molecule has 0 unspecified atom stereocenters. The Kier molecular flexibility index (Phi) is 4.42. The van der Waals surface area contributed by atoms with Crippen LogP contribution in [0, 0.1) is 0 Å². The highest BCUT2D eigenvalue weighted by Crippen LogP contribution is 2.00. The Morgan fingerprint density at radius 1 is 1.33 bits per heavy atom. The van der Waals surface area contributed by atoms with E-state index in [0.717, 1.165) is 6.61 Å². The van der Waals surface area contributed by atoms with E-state index in [1.165, 1.54) is 5.56 Å². The van der Waals surface area contributed by atoms with Crippen LogP contribution < -0.4 is 0 Å². The first-order valence-electron chi connectivity index (χ1n) is 4.23. The molecule has 1 aromatic rings. The largest absolute Gasteiger partial charge is 0.421 e. The zero-order valence-electron chi connectivity index (χ0n) is 7.36. The Labute approximate surface area is 76.0 Å². The van der Waals surface area contributed by atoms with Crippen molar-refractivity contribution in [3.05, 3.63) is 42.0 Å². The lowest BCUT2D eigenvalue weighted by molar-refractivity contribution is 0.390. The van der Waals surface area contributed by atoms with Crippen LogP contribution in [0.15, 0.2) is 36.4 Å². The van der Waals surface area contributed by atoms with Gasteiger partial charge in [-0.05, 0) is 5.56 Å². The third-order valence-electron chi connectivity index (χ3n) is 1.53. The molecule has 0 aromatic heterocycles. The van der Waals surface area contributed by atoms with Gasteiger partial charge in [0, 0.05) is 0 Å².